The maximum Gasteiger partial charge on any atom is 0.319 e. The molecule has 3 aromatic carbocycles. The van der Waals surface area contributed by atoms with Gasteiger partial charge < -0.3 is 14.5 Å². The second-order valence-corrected chi connectivity index (χ2v) is 14.8. The SMILES string of the molecule is N#CC[C@H]1CN(c2nc(OC[C@@]34CCCN3CC(F)C4)nc3c(F)c(-c4cccc5cccc(Cl)c45)ccc23)CCN1C(=O)/C(F)=C/c1nccs1. The Morgan fingerprint density at radius 2 is 1.96 bits per heavy atom. The molecule has 2 aromatic heterocycles. The fraction of sp³-hybridized carbons (Fsp3) is 0.342. The molecule has 9 nitrogen and oxygen atoms in total. The maximum atomic E-state index is 16.9. The van der Waals surface area contributed by atoms with Crippen LogP contribution in [-0.4, -0.2) is 87.7 Å². The molecule has 0 spiro atoms. The number of aromatic nitrogens is 3. The minimum Gasteiger partial charge on any atom is -0.461 e. The highest BCUT2D eigenvalue weighted by Gasteiger charge is 2.49. The summed E-state index contributed by atoms with van der Waals surface area (Å²) >= 11 is 7.84. The normalized spacial score (nSPS) is 22.2. The molecule has 1 unspecified atom stereocenters. The number of fused-ring (bicyclic) bond motifs is 3. The molecule has 52 heavy (non-hydrogen) atoms. The number of nitriles is 1. The predicted octanol–water partition coefficient (Wildman–Crippen LogP) is 7.60. The number of halogens is 4. The Morgan fingerprint density at radius 1 is 1.12 bits per heavy atom. The number of nitrogens with zero attached hydrogens (tertiary/aromatic N) is 7. The Bertz CT molecular complexity index is 2240. The number of anilines is 1. The molecule has 3 saturated heterocycles. The smallest absolute Gasteiger partial charge is 0.319 e. The molecule has 14 heteroatoms. The summed E-state index contributed by atoms with van der Waals surface area (Å²) < 4.78 is 52.9. The molecule has 0 bridgehead atoms. The molecule has 5 heterocycles. The van der Waals surface area contributed by atoms with Crippen molar-refractivity contribution in [2.24, 2.45) is 0 Å². The van der Waals surface area contributed by atoms with Gasteiger partial charge in [0.25, 0.3) is 5.91 Å². The summed E-state index contributed by atoms with van der Waals surface area (Å²) in [6.45, 7) is 1.69. The van der Waals surface area contributed by atoms with Crippen molar-refractivity contribution in [1.29, 1.82) is 5.26 Å². The first-order valence-electron chi connectivity index (χ1n) is 17.1. The van der Waals surface area contributed by atoms with Gasteiger partial charge in [0.2, 0.25) is 0 Å². The third kappa shape index (κ3) is 6.22. The van der Waals surface area contributed by atoms with E-state index in [1.807, 2.05) is 35.2 Å². The van der Waals surface area contributed by atoms with Gasteiger partial charge in [0.15, 0.2) is 11.6 Å². The lowest BCUT2D eigenvalue weighted by atomic mass is 9.95. The second-order valence-electron chi connectivity index (χ2n) is 13.5. The van der Waals surface area contributed by atoms with Gasteiger partial charge in [-0.05, 0) is 42.5 Å². The van der Waals surface area contributed by atoms with Crippen molar-refractivity contribution in [1.82, 2.24) is 24.8 Å². The fourth-order valence-corrected chi connectivity index (χ4v) is 8.85. The topological polar surface area (TPSA) is 98.5 Å². The van der Waals surface area contributed by atoms with Crippen molar-refractivity contribution in [2.45, 2.75) is 43.4 Å². The van der Waals surface area contributed by atoms with Crippen molar-refractivity contribution < 1.29 is 22.7 Å². The molecule has 5 aromatic rings. The number of carbonyl (C=O) groups excluding carboxylic acids is 1. The third-order valence-corrected chi connectivity index (χ3v) is 11.5. The molecule has 3 aliphatic rings. The number of piperazine rings is 1. The van der Waals surface area contributed by atoms with Crippen LogP contribution in [0.2, 0.25) is 5.02 Å². The van der Waals surface area contributed by atoms with E-state index in [0.29, 0.717) is 50.7 Å². The van der Waals surface area contributed by atoms with Crippen molar-refractivity contribution in [3.63, 3.8) is 0 Å². The second kappa shape index (κ2) is 14.0. The van der Waals surface area contributed by atoms with E-state index >= 15 is 8.78 Å². The summed E-state index contributed by atoms with van der Waals surface area (Å²) in [6, 6.07) is 15.9. The Labute approximate surface area is 306 Å². The maximum absolute atomic E-state index is 16.9. The average molecular weight is 744 g/mol. The van der Waals surface area contributed by atoms with Crippen LogP contribution in [0.1, 0.15) is 30.7 Å². The molecule has 3 atom stereocenters. The summed E-state index contributed by atoms with van der Waals surface area (Å²) in [5.41, 5.74) is 0.418. The van der Waals surface area contributed by atoms with Gasteiger partial charge in [-0.25, -0.2) is 18.2 Å². The van der Waals surface area contributed by atoms with Crippen LogP contribution in [0.4, 0.5) is 19.0 Å². The van der Waals surface area contributed by atoms with Crippen molar-refractivity contribution in [2.75, 3.05) is 44.2 Å². The first-order valence-corrected chi connectivity index (χ1v) is 18.4. The van der Waals surface area contributed by atoms with Crippen molar-refractivity contribution >= 4 is 62.4 Å². The number of amides is 1. The van der Waals surface area contributed by atoms with E-state index < -0.39 is 35.3 Å². The van der Waals surface area contributed by atoms with Crippen molar-refractivity contribution in [3.05, 3.63) is 81.8 Å². The summed E-state index contributed by atoms with van der Waals surface area (Å²) in [4.78, 5) is 32.0. The zero-order valence-electron chi connectivity index (χ0n) is 27.9. The predicted molar refractivity (Wildman–Crippen MR) is 195 cm³/mol. The number of hydrogen-bond donors (Lipinski definition) is 0. The Kier molecular flexibility index (Phi) is 9.23. The summed E-state index contributed by atoms with van der Waals surface area (Å²) in [5, 5.41) is 14.2. The van der Waals surface area contributed by atoms with E-state index in [2.05, 4.69) is 20.9 Å². The summed E-state index contributed by atoms with van der Waals surface area (Å²) in [7, 11) is 0. The Balaban J connectivity index is 1.18. The first-order chi connectivity index (χ1) is 25.2. The van der Waals surface area contributed by atoms with Crippen LogP contribution in [0.3, 0.4) is 0 Å². The molecule has 0 N–H and O–H groups in total. The monoisotopic (exact) mass is 743 g/mol. The van der Waals surface area contributed by atoms with Gasteiger partial charge >= 0.3 is 6.01 Å². The average Bonchev–Trinajstić information content (AvgIpc) is 3.87. The lowest BCUT2D eigenvalue weighted by Gasteiger charge is -2.41. The van der Waals surface area contributed by atoms with E-state index in [1.54, 1.807) is 23.6 Å². The molecular weight excluding hydrogens is 711 g/mol. The van der Waals surface area contributed by atoms with Gasteiger partial charge in [-0.2, -0.15) is 15.2 Å². The molecule has 266 valence electrons. The molecule has 0 saturated carbocycles. The van der Waals surface area contributed by atoms with Crippen LogP contribution >= 0.6 is 22.9 Å². The summed E-state index contributed by atoms with van der Waals surface area (Å²) in [6.07, 6.45) is 3.63. The molecule has 3 aliphatic heterocycles. The highest BCUT2D eigenvalue weighted by atomic mass is 35.5. The van der Waals surface area contributed by atoms with E-state index in [4.69, 9.17) is 21.3 Å². The molecule has 0 aliphatic carbocycles. The highest BCUT2D eigenvalue weighted by Crippen LogP contribution is 2.42. The van der Waals surface area contributed by atoms with E-state index in [1.165, 1.54) is 22.4 Å². The lowest BCUT2D eigenvalue weighted by molar-refractivity contribution is -0.131. The first kappa shape index (κ1) is 34.3. The number of benzene rings is 3. The molecule has 3 fully saturated rings. The van der Waals surface area contributed by atoms with Crippen LogP contribution < -0.4 is 9.64 Å². The lowest BCUT2D eigenvalue weighted by Crippen LogP contribution is -2.55. The number of thiazole rings is 1. The van der Waals surface area contributed by atoms with Crippen molar-refractivity contribution in [3.8, 4) is 23.2 Å². The van der Waals surface area contributed by atoms with E-state index in [9.17, 15) is 14.4 Å². The van der Waals surface area contributed by atoms with E-state index in [0.717, 1.165) is 30.8 Å². The standard InChI is InChI=1S/C38H33ClF3N7O2S/c39-29-7-2-5-23-4-1-6-26(32(23)29)27-8-9-28-34(33(27)42)45-37(51-22-38-11-3-14-48(38)20-24(40)19-38)46-35(28)47-15-16-49(25(21-47)10-12-43)36(50)30(41)18-31-44-13-17-52-31/h1-2,4-9,13,17-18,24-25H,3,10-11,14-16,19-22H2/b30-18-/t24?,25-,38-/m0/s1. The van der Waals surface area contributed by atoms with Gasteiger partial charge in [0.05, 0.1) is 24.1 Å². The minimum absolute atomic E-state index is 0.0184. The van der Waals surface area contributed by atoms with Gasteiger partial charge in [0.1, 0.15) is 29.1 Å². The highest BCUT2D eigenvalue weighted by molar-refractivity contribution is 7.10. The number of rotatable bonds is 8. The molecular formula is C38H33ClF3N7O2S. The fourth-order valence-electron chi connectivity index (χ4n) is 8.01. The number of alkyl halides is 1. The van der Waals surface area contributed by atoms with Crippen LogP contribution in [-0.2, 0) is 4.79 Å². The van der Waals surface area contributed by atoms with Crippen LogP contribution in [0.15, 0.2) is 65.9 Å². The van der Waals surface area contributed by atoms with Gasteiger partial charge in [0, 0.05) is 71.6 Å². The molecule has 8 rings (SSSR count). The number of ether oxygens (including phenoxy) is 1. The summed E-state index contributed by atoms with van der Waals surface area (Å²) in [5.74, 6) is -2.05. The van der Waals surface area contributed by atoms with E-state index in [-0.39, 0.29) is 44.2 Å². The molecule has 0 radical (unpaired) electrons. The quantitative estimate of drug-likeness (QED) is 0.150. The largest absolute Gasteiger partial charge is 0.461 e. The van der Waals surface area contributed by atoms with Gasteiger partial charge in [-0.3, -0.25) is 9.69 Å². The van der Waals surface area contributed by atoms with Gasteiger partial charge in [-0.1, -0.05) is 48.0 Å². The third-order valence-electron chi connectivity index (χ3n) is 10.4. The Hall–Kier alpha value is -4.77. The van der Waals surface area contributed by atoms with Crippen LogP contribution in [0.5, 0.6) is 6.01 Å². The van der Waals surface area contributed by atoms with Crippen LogP contribution in [0.25, 0.3) is 38.9 Å². The minimum atomic E-state index is -0.972. The van der Waals surface area contributed by atoms with Crippen LogP contribution in [0, 0.1) is 17.1 Å². The molecule has 1 amide bonds. The Morgan fingerprint density at radius 3 is 2.77 bits per heavy atom. The zero-order valence-corrected chi connectivity index (χ0v) is 29.5. The van der Waals surface area contributed by atoms with Gasteiger partial charge in [-0.15, -0.1) is 11.3 Å². The number of hydrogen-bond acceptors (Lipinski definition) is 9. The zero-order chi connectivity index (χ0) is 36.0. The number of carbonyl (C=O) groups is 1.